The summed E-state index contributed by atoms with van der Waals surface area (Å²) in [6.07, 6.45) is 1.75. The van der Waals surface area contributed by atoms with E-state index in [1.54, 1.807) is 12.1 Å². The molecule has 1 aromatic carbocycles. The molecular weight excluding hydrogens is 297 g/mol. The second kappa shape index (κ2) is 4.94. The molecule has 3 nitrogen and oxygen atoms in total. The van der Waals surface area contributed by atoms with E-state index in [0.717, 1.165) is 10.3 Å². The lowest BCUT2D eigenvalue weighted by atomic mass is 10.1. The number of aryl methyl sites for hydroxylation is 1. The Morgan fingerprint density at radius 1 is 1.56 bits per heavy atom. The monoisotopic (exact) mass is 309 g/mol. The topological polar surface area (TPSA) is 43.8 Å². The molecule has 1 heterocycles. The van der Waals surface area contributed by atoms with E-state index >= 15 is 0 Å². The lowest BCUT2D eigenvalue weighted by Gasteiger charge is -2.05. The van der Waals surface area contributed by atoms with Crippen molar-refractivity contribution >= 4 is 21.7 Å². The van der Waals surface area contributed by atoms with Crippen LogP contribution in [-0.2, 0) is 6.54 Å². The first-order chi connectivity index (χ1) is 8.54. The van der Waals surface area contributed by atoms with Crippen LogP contribution in [0.1, 0.15) is 5.82 Å². The third-order valence-electron chi connectivity index (χ3n) is 2.69. The van der Waals surface area contributed by atoms with Crippen molar-refractivity contribution in [1.29, 1.82) is 0 Å². The molecule has 0 atom stereocenters. The molecule has 0 bridgehead atoms. The number of rotatable bonds is 3. The van der Waals surface area contributed by atoms with Gasteiger partial charge in [0.05, 0.1) is 0 Å². The van der Waals surface area contributed by atoms with Gasteiger partial charge in [-0.2, -0.15) is 0 Å². The summed E-state index contributed by atoms with van der Waals surface area (Å²) >= 11 is 3.38. The zero-order chi connectivity index (χ0) is 13.3. The highest BCUT2D eigenvalue weighted by Crippen LogP contribution is 2.32. The van der Waals surface area contributed by atoms with Crippen LogP contribution in [0.4, 0.5) is 10.2 Å². The van der Waals surface area contributed by atoms with Gasteiger partial charge in [-0.15, -0.1) is 6.58 Å². The van der Waals surface area contributed by atoms with Crippen LogP contribution >= 0.6 is 15.9 Å². The van der Waals surface area contributed by atoms with Gasteiger partial charge in [0.2, 0.25) is 0 Å². The second-order valence-electron chi connectivity index (χ2n) is 3.92. The van der Waals surface area contributed by atoms with Crippen molar-refractivity contribution in [2.24, 2.45) is 0 Å². The Kier molecular flexibility index (Phi) is 3.52. The Balaban J connectivity index is 2.61. The summed E-state index contributed by atoms with van der Waals surface area (Å²) in [6, 6.07) is 4.45. The third-order valence-corrected chi connectivity index (χ3v) is 3.38. The van der Waals surface area contributed by atoms with Crippen LogP contribution in [0.5, 0.6) is 0 Å². The average Bonchev–Trinajstić information content (AvgIpc) is 2.61. The molecule has 0 saturated carbocycles. The molecule has 1 aromatic heterocycles. The minimum absolute atomic E-state index is 0.316. The maximum atomic E-state index is 13.3. The number of allylic oxidation sites excluding steroid dienone is 1. The van der Waals surface area contributed by atoms with E-state index in [0.29, 0.717) is 23.6 Å². The molecule has 5 heteroatoms. The molecular formula is C13H13BrFN3. The molecule has 2 aromatic rings. The van der Waals surface area contributed by atoms with Crippen molar-refractivity contribution in [3.63, 3.8) is 0 Å². The summed E-state index contributed by atoms with van der Waals surface area (Å²) in [4.78, 5) is 4.39. The Morgan fingerprint density at radius 2 is 2.28 bits per heavy atom. The van der Waals surface area contributed by atoms with Gasteiger partial charge in [-0.05, 0) is 25.1 Å². The zero-order valence-corrected chi connectivity index (χ0v) is 11.5. The highest BCUT2D eigenvalue weighted by Gasteiger charge is 2.15. The van der Waals surface area contributed by atoms with Crippen LogP contribution in [0.15, 0.2) is 35.3 Å². The van der Waals surface area contributed by atoms with Gasteiger partial charge < -0.3 is 10.3 Å². The van der Waals surface area contributed by atoms with Crippen molar-refractivity contribution in [2.75, 3.05) is 5.73 Å². The highest BCUT2D eigenvalue weighted by molar-refractivity contribution is 9.10. The highest BCUT2D eigenvalue weighted by atomic mass is 79.9. The minimum atomic E-state index is -0.316. The van der Waals surface area contributed by atoms with E-state index in [9.17, 15) is 4.39 Å². The molecule has 0 amide bonds. The number of hydrogen-bond donors (Lipinski definition) is 1. The van der Waals surface area contributed by atoms with Crippen molar-refractivity contribution < 1.29 is 4.39 Å². The largest absolute Gasteiger partial charge is 0.383 e. The molecule has 0 radical (unpaired) electrons. The third kappa shape index (κ3) is 2.18. The molecule has 0 saturated heterocycles. The number of anilines is 1. The summed E-state index contributed by atoms with van der Waals surface area (Å²) in [6.45, 7) is 6.12. The van der Waals surface area contributed by atoms with Crippen LogP contribution in [0.2, 0.25) is 0 Å². The number of nitrogens with zero attached hydrogens (tertiary/aromatic N) is 2. The first kappa shape index (κ1) is 12.8. The lowest BCUT2D eigenvalue weighted by Crippen LogP contribution is -2.03. The standard InChI is InChI=1S/C13H13BrFN3/c1-3-6-18-8(2)17-12(13(18)16)10-7-9(15)4-5-11(10)14/h3-5,7H,1,6,16H2,2H3. The maximum Gasteiger partial charge on any atom is 0.132 e. The van der Waals surface area contributed by atoms with Gasteiger partial charge in [0.15, 0.2) is 0 Å². The zero-order valence-electron chi connectivity index (χ0n) is 9.95. The van der Waals surface area contributed by atoms with Crippen molar-refractivity contribution in [2.45, 2.75) is 13.5 Å². The summed E-state index contributed by atoms with van der Waals surface area (Å²) < 4.78 is 15.9. The van der Waals surface area contributed by atoms with Gasteiger partial charge in [-0.25, -0.2) is 9.37 Å². The predicted octanol–water partition coefficient (Wildman–Crippen LogP) is 3.53. The molecule has 2 rings (SSSR count). The van der Waals surface area contributed by atoms with Crippen LogP contribution < -0.4 is 5.73 Å². The van der Waals surface area contributed by atoms with Gasteiger partial charge in [0.1, 0.15) is 23.2 Å². The van der Waals surface area contributed by atoms with Crippen LogP contribution in [0, 0.1) is 12.7 Å². The van der Waals surface area contributed by atoms with Crippen LogP contribution in [-0.4, -0.2) is 9.55 Å². The normalized spacial score (nSPS) is 10.6. The van der Waals surface area contributed by atoms with E-state index in [1.165, 1.54) is 12.1 Å². The minimum Gasteiger partial charge on any atom is -0.383 e. The van der Waals surface area contributed by atoms with Crippen molar-refractivity contribution in [3.8, 4) is 11.3 Å². The van der Waals surface area contributed by atoms with E-state index in [1.807, 2.05) is 11.5 Å². The SMILES string of the molecule is C=CCn1c(C)nc(-c2cc(F)ccc2Br)c1N. The number of aromatic nitrogens is 2. The van der Waals surface area contributed by atoms with Crippen LogP contribution in [0.3, 0.4) is 0 Å². The van der Waals surface area contributed by atoms with Crippen molar-refractivity contribution in [3.05, 3.63) is 47.0 Å². The summed E-state index contributed by atoms with van der Waals surface area (Å²) in [7, 11) is 0. The van der Waals surface area contributed by atoms with Gasteiger partial charge >= 0.3 is 0 Å². The summed E-state index contributed by atoms with van der Waals surface area (Å²) in [5.74, 6) is 0.973. The number of benzene rings is 1. The molecule has 0 aliphatic heterocycles. The van der Waals surface area contributed by atoms with E-state index in [2.05, 4.69) is 27.5 Å². The number of halogens is 2. The quantitative estimate of drug-likeness (QED) is 0.881. The van der Waals surface area contributed by atoms with Gasteiger partial charge in [-0.3, -0.25) is 0 Å². The average molecular weight is 310 g/mol. The fraction of sp³-hybridized carbons (Fsp3) is 0.154. The molecule has 0 spiro atoms. The maximum absolute atomic E-state index is 13.3. The molecule has 0 aliphatic rings. The Morgan fingerprint density at radius 3 is 2.94 bits per heavy atom. The number of nitrogen functional groups attached to an aromatic ring is 1. The number of hydrogen-bond acceptors (Lipinski definition) is 2. The van der Waals surface area contributed by atoms with Crippen LogP contribution in [0.25, 0.3) is 11.3 Å². The number of nitrogens with two attached hydrogens (primary N) is 1. The van der Waals surface area contributed by atoms with E-state index < -0.39 is 0 Å². The Bertz CT molecular complexity index is 605. The summed E-state index contributed by atoms with van der Waals surface area (Å²) in [5.41, 5.74) is 7.29. The molecule has 18 heavy (non-hydrogen) atoms. The second-order valence-corrected chi connectivity index (χ2v) is 4.77. The Hall–Kier alpha value is -1.62. The van der Waals surface area contributed by atoms with E-state index in [4.69, 9.17) is 5.73 Å². The van der Waals surface area contributed by atoms with Gasteiger partial charge in [-0.1, -0.05) is 22.0 Å². The fourth-order valence-electron chi connectivity index (χ4n) is 1.82. The molecule has 0 fully saturated rings. The first-order valence-corrected chi connectivity index (χ1v) is 6.22. The first-order valence-electron chi connectivity index (χ1n) is 5.43. The Labute approximate surface area is 113 Å². The smallest absolute Gasteiger partial charge is 0.132 e. The lowest BCUT2D eigenvalue weighted by molar-refractivity contribution is 0.628. The molecule has 2 N–H and O–H groups in total. The molecule has 94 valence electrons. The number of imidazole rings is 1. The van der Waals surface area contributed by atoms with E-state index in [-0.39, 0.29) is 5.82 Å². The molecule has 0 aliphatic carbocycles. The molecule has 0 unspecified atom stereocenters. The van der Waals surface area contributed by atoms with Crippen molar-refractivity contribution in [1.82, 2.24) is 9.55 Å². The summed E-state index contributed by atoms with van der Waals surface area (Å²) in [5, 5.41) is 0. The van der Waals surface area contributed by atoms with Gasteiger partial charge in [0, 0.05) is 16.6 Å². The fourth-order valence-corrected chi connectivity index (χ4v) is 2.25. The van der Waals surface area contributed by atoms with Gasteiger partial charge in [0.25, 0.3) is 0 Å². The predicted molar refractivity (Wildman–Crippen MR) is 74.7 cm³/mol.